The van der Waals surface area contributed by atoms with Crippen LogP contribution in [-0.2, 0) is 4.79 Å². The second kappa shape index (κ2) is 5.36. The van der Waals surface area contributed by atoms with Crippen LogP contribution in [0.5, 0.6) is 0 Å². The third-order valence-electron chi connectivity index (χ3n) is 3.74. The van der Waals surface area contributed by atoms with Crippen molar-refractivity contribution in [3.8, 4) is 0 Å². The van der Waals surface area contributed by atoms with Crippen molar-refractivity contribution in [1.82, 2.24) is 10.2 Å². The summed E-state index contributed by atoms with van der Waals surface area (Å²) in [5, 5.41) is 3.35. The van der Waals surface area contributed by atoms with Gasteiger partial charge in [-0.2, -0.15) is 0 Å². The number of amides is 1. The molecule has 4 heteroatoms. The van der Waals surface area contributed by atoms with E-state index in [0.29, 0.717) is 6.04 Å². The first kappa shape index (κ1) is 12.8. The number of piperidine rings is 1. The molecule has 0 spiro atoms. The molecule has 98 valence electrons. The Balaban J connectivity index is 1.85. The minimum absolute atomic E-state index is 0.167. The Kier molecular flexibility index (Phi) is 4.05. The van der Waals surface area contributed by atoms with E-state index < -0.39 is 0 Å². The van der Waals surface area contributed by atoms with E-state index in [1.54, 1.807) is 0 Å². The van der Waals surface area contributed by atoms with Gasteiger partial charge in [0.15, 0.2) is 0 Å². The highest BCUT2D eigenvalue weighted by Crippen LogP contribution is 2.22. The quantitative estimate of drug-likeness (QED) is 0.737. The number of carbonyl (C=O) groups is 1. The molecule has 4 nitrogen and oxygen atoms in total. The molecule has 1 amide bonds. The summed E-state index contributed by atoms with van der Waals surface area (Å²) in [6.07, 6.45) is 3.68. The Hall–Kier alpha value is -0.610. The normalized spacial score (nSPS) is 32.4. The lowest BCUT2D eigenvalue weighted by atomic mass is 9.91. The largest absolute Gasteiger partial charge is 0.368 e. The maximum absolute atomic E-state index is 11.4. The molecule has 17 heavy (non-hydrogen) atoms. The van der Waals surface area contributed by atoms with Gasteiger partial charge in [0.2, 0.25) is 5.91 Å². The summed E-state index contributed by atoms with van der Waals surface area (Å²) in [6, 6.07) is 0.368. The van der Waals surface area contributed by atoms with Gasteiger partial charge in [0.05, 0.1) is 6.04 Å². The van der Waals surface area contributed by atoms with Crippen molar-refractivity contribution in [2.75, 3.05) is 19.6 Å². The molecule has 0 bridgehead atoms. The first-order valence-corrected chi connectivity index (χ1v) is 6.82. The summed E-state index contributed by atoms with van der Waals surface area (Å²) >= 11 is 0. The molecule has 1 heterocycles. The number of rotatable bonds is 5. The summed E-state index contributed by atoms with van der Waals surface area (Å²) < 4.78 is 0. The zero-order valence-electron chi connectivity index (χ0n) is 11.0. The molecule has 2 rings (SSSR count). The fourth-order valence-electron chi connectivity index (χ4n) is 2.96. The molecule has 3 unspecified atom stereocenters. The molecular weight excluding hydrogens is 214 g/mol. The number of likely N-dealkylation sites (tertiary alicyclic amines) is 1. The summed E-state index contributed by atoms with van der Waals surface area (Å²) in [4.78, 5) is 13.8. The SMILES string of the molecule is CC1CC(C)CN(CC(NC2CC2)C(N)=O)C1. The Bertz CT molecular complexity index is 268. The molecule has 1 aliphatic heterocycles. The number of nitrogens with two attached hydrogens (primary N) is 1. The average molecular weight is 239 g/mol. The standard InChI is InChI=1S/C13H25N3O/c1-9-5-10(2)7-16(6-9)8-12(13(14)17)15-11-3-4-11/h9-12,15H,3-8H2,1-2H3,(H2,14,17). The van der Waals surface area contributed by atoms with Gasteiger partial charge >= 0.3 is 0 Å². The molecule has 0 aromatic rings. The summed E-state index contributed by atoms with van der Waals surface area (Å²) in [5.41, 5.74) is 5.47. The van der Waals surface area contributed by atoms with E-state index in [2.05, 4.69) is 24.1 Å². The van der Waals surface area contributed by atoms with Gasteiger partial charge in [-0.1, -0.05) is 13.8 Å². The lowest BCUT2D eigenvalue weighted by Crippen LogP contribution is -2.52. The molecule has 1 saturated heterocycles. The van der Waals surface area contributed by atoms with Crippen LogP contribution in [0.15, 0.2) is 0 Å². The van der Waals surface area contributed by atoms with E-state index in [1.165, 1.54) is 19.3 Å². The number of primary amides is 1. The summed E-state index contributed by atoms with van der Waals surface area (Å²) in [6.45, 7) is 7.55. The first-order chi connectivity index (χ1) is 8.04. The van der Waals surface area contributed by atoms with Crippen LogP contribution in [-0.4, -0.2) is 42.5 Å². The topological polar surface area (TPSA) is 58.4 Å². The van der Waals surface area contributed by atoms with Crippen molar-refractivity contribution in [1.29, 1.82) is 0 Å². The van der Waals surface area contributed by atoms with Crippen molar-refractivity contribution in [3.63, 3.8) is 0 Å². The highest BCUT2D eigenvalue weighted by Gasteiger charge is 2.30. The molecular formula is C13H25N3O. The Morgan fingerprint density at radius 1 is 1.35 bits per heavy atom. The second-order valence-corrected chi connectivity index (χ2v) is 6.06. The summed E-state index contributed by atoms with van der Waals surface area (Å²) in [7, 11) is 0. The van der Waals surface area contributed by atoms with E-state index in [4.69, 9.17) is 5.73 Å². The van der Waals surface area contributed by atoms with Gasteiger partial charge in [-0.05, 0) is 31.1 Å². The van der Waals surface area contributed by atoms with Gasteiger partial charge in [-0.25, -0.2) is 0 Å². The monoisotopic (exact) mass is 239 g/mol. The number of nitrogens with one attached hydrogen (secondary N) is 1. The zero-order valence-corrected chi connectivity index (χ0v) is 11.0. The van der Waals surface area contributed by atoms with E-state index >= 15 is 0 Å². The molecule has 1 aliphatic carbocycles. The molecule has 3 atom stereocenters. The van der Waals surface area contributed by atoms with Crippen LogP contribution in [0.4, 0.5) is 0 Å². The van der Waals surface area contributed by atoms with Gasteiger partial charge in [-0.3, -0.25) is 4.79 Å². The van der Waals surface area contributed by atoms with Crippen LogP contribution in [0, 0.1) is 11.8 Å². The molecule has 3 N–H and O–H groups in total. The van der Waals surface area contributed by atoms with Crippen molar-refractivity contribution in [2.24, 2.45) is 17.6 Å². The fourth-order valence-corrected chi connectivity index (χ4v) is 2.96. The van der Waals surface area contributed by atoms with Crippen LogP contribution in [0.1, 0.15) is 33.1 Å². The molecule has 2 aliphatic rings. The number of carbonyl (C=O) groups excluding carboxylic acids is 1. The van der Waals surface area contributed by atoms with E-state index in [9.17, 15) is 4.79 Å². The zero-order chi connectivity index (χ0) is 12.4. The summed E-state index contributed by atoms with van der Waals surface area (Å²) in [5.74, 6) is 1.25. The molecule has 0 aromatic heterocycles. The minimum Gasteiger partial charge on any atom is -0.368 e. The highest BCUT2D eigenvalue weighted by molar-refractivity contribution is 5.80. The fraction of sp³-hybridized carbons (Fsp3) is 0.923. The second-order valence-electron chi connectivity index (χ2n) is 6.06. The van der Waals surface area contributed by atoms with Gasteiger partial charge < -0.3 is 16.0 Å². The number of nitrogens with zero attached hydrogens (tertiary/aromatic N) is 1. The van der Waals surface area contributed by atoms with Gasteiger partial charge in [0.1, 0.15) is 0 Å². The Morgan fingerprint density at radius 3 is 2.41 bits per heavy atom. The van der Waals surface area contributed by atoms with Crippen molar-refractivity contribution in [2.45, 2.75) is 45.2 Å². The van der Waals surface area contributed by atoms with Crippen LogP contribution >= 0.6 is 0 Å². The third-order valence-corrected chi connectivity index (χ3v) is 3.74. The minimum atomic E-state index is -0.206. The smallest absolute Gasteiger partial charge is 0.235 e. The Morgan fingerprint density at radius 2 is 1.94 bits per heavy atom. The van der Waals surface area contributed by atoms with Crippen LogP contribution in [0.25, 0.3) is 0 Å². The van der Waals surface area contributed by atoms with Gasteiger partial charge in [-0.15, -0.1) is 0 Å². The molecule has 0 radical (unpaired) electrons. The van der Waals surface area contributed by atoms with Gasteiger partial charge in [0, 0.05) is 25.7 Å². The average Bonchev–Trinajstić information content (AvgIpc) is 2.98. The Labute approximate surface area is 104 Å². The van der Waals surface area contributed by atoms with Crippen molar-refractivity contribution < 1.29 is 4.79 Å². The lowest BCUT2D eigenvalue weighted by molar-refractivity contribution is -0.120. The first-order valence-electron chi connectivity index (χ1n) is 6.82. The maximum atomic E-state index is 11.4. The van der Waals surface area contributed by atoms with Crippen LogP contribution < -0.4 is 11.1 Å². The third kappa shape index (κ3) is 3.96. The predicted molar refractivity (Wildman–Crippen MR) is 68.5 cm³/mol. The van der Waals surface area contributed by atoms with Crippen molar-refractivity contribution >= 4 is 5.91 Å². The number of hydrogen-bond acceptors (Lipinski definition) is 3. The highest BCUT2D eigenvalue weighted by atomic mass is 16.1. The van der Waals surface area contributed by atoms with E-state index in [1.807, 2.05) is 0 Å². The molecule has 0 aromatic carbocycles. The maximum Gasteiger partial charge on any atom is 0.235 e. The van der Waals surface area contributed by atoms with Crippen LogP contribution in [0.2, 0.25) is 0 Å². The van der Waals surface area contributed by atoms with Gasteiger partial charge in [0.25, 0.3) is 0 Å². The molecule has 1 saturated carbocycles. The van der Waals surface area contributed by atoms with E-state index in [-0.39, 0.29) is 11.9 Å². The van der Waals surface area contributed by atoms with Crippen LogP contribution in [0.3, 0.4) is 0 Å². The predicted octanol–water partition coefficient (Wildman–Crippen LogP) is 0.570. The lowest BCUT2D eigenvalue weighted by Gasteiger charge is -2.36. The molecule has 2 fully saturated rings. The van der Waals surface area contributed by atoms with E-state index in [0.717, 1.165) is 31.5 Å². The van der Waals surface area contributed by atoms with Crippen molar-refractivity contribution in [3.05, 3.63) is 0 Å². The number of hydrogen-bond donors (Lipinski definition) is 2.